The molecule has 4 rings (SSSR count). The van der Waals surface area contributed by atoms with E-state index in [4.69, 9.17) is 14.8 Å². The lowest BCUT2D eigenvalue weighted by atomic mass is 9.85. The van der Waals surface area contributed by atoms with Crippen molar-refractivity contribution in [3.05, 3.63) is 64.7 Å². The van der Waals surface area contributed by atoms with Crippen molar-refractivity contribution >= 4 is 17.4 Å². The van der Waals surface area contributed by atoms with Crippen molar-refractivity contribution in [2.24, 2.45) is 4.99 Å². The molecule has 2 heterocycles. The summed E-state index contributed by atoms with van der Waals surface area (Å²) in [5.74, 6) is 0.697. The molecule has 0 bridgehead atoms. The van der Waals surface area contributed by atoms with Crippen LogP contribution in [-0.4, -0.2) is 84.3 Å². The van der Waals surface area contributed by atoms with Crippen molar-refractivity contribution in [1.82, 2.24) is 9.80 Å². The minimum Gasteiger partial charge on any atom is -0.497 e. The van der Waals surface area contributed by atoms with Crippen molar-refractivity contribution in [2.45, 2.75) is 32.2 Å². The van der Waals surface area contributed by atoms with Crippen molar-refractivity contribution < 1.29 is 19.4 Å². The number of piperazine rings is 1. The molecule has 1 fully saturated rings. The van der Waals surface area contributed by atoms with E-state index in [0.29, 0.717) is 30.8 Å². The van der Waals surface area contributed by atoms with Gasteiger partial charge in [-0.1, -0.05) is 18.2 Å². The van der Waals surface area contributed by atoms with Gasteiger partial charge in [0.1, 0.15) is 5.75 Å². The van der Waals surface area contributed by atoms with Gasteiger partial charge in [-0.3, -0.25) is 19.5 Å². The van der Waals surface area contributed by atoms with Crippen LogP contribution in [0.5, 0.6) is 5.75 Å². The Morgan fingerprint density at radius 3 is 2.35 bits per heavy atom. The monoisotopic (exact) mass is 463 g/mol. The maximum Gasteiger partial charge on any atom is 0.253 e. The van der Waals surface area contributed by atoms with Gasteiger partial charge in [-0.05, 0) is 50.1 Å². The quantitative estimate of drug-likeness (QED) is 0.639. The highest BCUT2D eigenvalue weighted by Gasteiger charge is 2.28. The number of aliphatic hydroxyl groups excluding tert-OH is 1. The second kappa shape index (κ2) is 10.1. The van der Waals surface area contributed by atoms with Crippen LogP contribution in [0.3, 0.4) is 0 Å². The molecule has 7 nitrogen and oxygen atoms in total. The van der Waals surface area contributed by atoms with Gasteiger partial charge in [0.2, 0.25) is 0 Å². The van der Waals surface area contributed by atoms with Gasteiger partial charge in [-0.2, -0.15) is 0 Å². The Hall–Kier alpha value is -3.03. The van der Waals surface area contributed by atoms with Crippen LogP contribution in [0.4, 0.5) is 0 Å². The number of aliphatic imine (C=N–C) groups is 1. The van der Waals surface area contributed by atoms with E-state index in [0.717, 1.165) is 36.5 Å². The van der Waals surface area contributed by atoms with E-state index in [1.54, 1.807) is 31.4 Å². The van der Waals surface area contributed by atoms with Crippen LogP contribution in [-0.2, 0) is 6.42 Å². The van der Waals surface area contributed by atoms with Gasteiger partial charge >= 0.3 is 0 Å². The van der Waals surface area contributed by atoms with E-state index in [1.807, 2.05) is 17.0 Å². The summed E-state index contributed by atoms with van der Waals surface area (Å²) in [5, 5.41) is 9.08. The molecule has 2 aromatic carbocycles. The third-order valence-electron chi connectivity index (χ3n) is 6.55. The zero-order chi connectivity index (χ0) is 24.3. The fourth-order valence-electron chi connectivity index (χ4n) is 4.72. The molecule has 180 valence electrons. The molecule has 34 heavy (non-hydrogen) atoms. The SMILES string of the molecule is COc1ccc2c(c1)C(CC(=O)c1ccc(C(=O)N3CCN(CCO)CC3)cc1)=NC(C)(C)C2. The number of hydrogen-bond acceptors (Lipinski definition) is 6. The fraction of sp³-hybridized carbons (Fsp3) is 0.444. The van der Waals surface area contributed by atoms with Crippen LogP contribution in [0.25, 0.3) is 0 Å². The number of fused-ring (bicyclic) bond motifs is 1. The maximum atomic E-state index is 13.1. The molecule has 0 radical (unpaired) electrons. The molecule has 0 saturated carbocycles. The second-order valence-electron chi connectivity index (χ2n) is 9.61. The van der Waals surface area contributed by atoms with Gasteiger partial charge in [-0.25, -0.2) is 0 Å². The highest BCUT2D eigenvalue weighted by atomic mass is 16.5. The molecule has 1 amide bonds. The number of methoxy groups -OCH3 is 1. The molecule has 2 aliphatic heterocycles. The molecule has 2 aromatic rings. The number of ether oxygens (including phenoxy) is 1. The van der Waals surface area contributed by atoms with E-state index < -0.39 is 0 Å². The Morgan fingerprint density at radius 1 is 1.03 bits per heavy atom. The zero-order valence-electron chi connectivity index (χ0n) is 20.2. The van der Waals surface area contributed by atoms with Gasteiger partial charge < -0.3 is 14.7 Å². The van der Waals surface area contributed by atoms with Gasteiger partial charge in [0.15, 0.2) is 5.78 Å². The summed E-state index contributed by atoms with van der Waals surface area (Å²) in [4.78, 5) is 34.9. The number of carbonyl (C=O) groups excluding carboxylic acids is 2. The summed E-state index contributed by atoms with van der Waals surface area (Å²) in [6.45, 7) is 7.71. The van der Waals surface area contributed by atoms with Crippen LogP contribution in [0.2, 0.25) is 0 Å². The van der Waals surface area contributed by atoms with E-state index >= 15 is 0 Å². The van der Waals surface area contributed by atoms with Gasteiger partial charge in [0, 0.05) is 49.4 Å². The lowest BCUT2D eigenvalue weighted by Crippen LogP contribution is -2.49. The first-order valence-electron chi connectivity index (χ1n) is 11.8. The first-order valence-corrected chi connectivity index (χ1v) is 11.8. The summed E-state index contributed by atoms with van der Waals surface area (Å²) in [6.07, 6.45) is 1.01. The van der Waals surface area contributed by atoms with Crippen molar-refractivity contribution in [2.75, 3.05) is 46.4 Å². The molecule has 2 aliphatic rings. The molecule has 7 heteroatoms. The molecule has 1 N–H and O–H groups in total. The Balaban J connectivity index is 1.45. The average Bonchev–Trinajstić information content (AvgIpc) is 2.83. The van der Waals surface area contributed by atoms with Gasteiger partial charge in [0.25, 0.3) is 5.91 Å². The van der Waals surface area contributed by atoms with Crippen LogP contribution in [0, 0.1) is 0 Å². The zero-order valence-corrected chi connectivity index (χ0v) is 20.2. The van der Waals surface area contributed by atoms with E-state index in [2.05, 4.69) is 24.8 Å². The third-order valence-corrected chi connectivity index (χ3v) is 6.55. The summed E-state index contributed by atoms with van der Waals surface area (Å²) in [7, 11) is 1.63. The number of hydrogen-bond donors (Lipinski definition) is 1. The van der Waals surface area contributed by atoms with Gasteiger partial charge in [-0.15, -0.1) is 0 Å². The number of aliphatic hydroxyl groups is 1. The number of carbonyl (C=O) groups is 2. The smallest absolute Gasteiger partial charge is 0.253 e. The van der Waals surface area contributed by atoms with Crippen molar-refractivity contribution in [1.29, 1.82) is 0 Å². The first-order chi connectivity index (χ1) is 16.3. The van der Waals surface area contributed by atoms with Crippen molar-refractivity contribution in [3.63, 3.8) is 0 Å². The summed E-state index contributed by atoms with van der Waals surface area (Å²) in [5.41, 5.74) is 3.80. The predicted molar refractivity (Wildman–Crippen MR) is 132 cm³/mol. The van der Waals surface area contributed by atoms with E-state index in [-0.39, 0.29) is 30.3 Å². The highest BCUT2D eigenvalue weighted by molar-refractivity contribution is 6.17. The maximum absolute atomic E-state index is 13.1. The Labute approximate surface area is 201 Å². The van der Waals surface area contributed by atoms with E-state index in [9.17, 15) is 9.59 Å². The number of Topliss-reactive ketones (excluding diaryl/α,β-unsaturated/α-hetero) is 1. The number of rotatable bonds is 7. The molecule has 0 spiro atoms. The summed E-state index contributed by atoms with van der Waals surface area (Å²) >= 11 is 0. The second-order valence-corrected chi connectivity index (χ2v) is 9.61. The molecular weight excluding hydrogens is 430 g/mol. The first kappa shape index (κ1) is 24.1. The Bertz CT molecular complexity index is 1080. The highest BCUT2D eigenvalue weighted by Crippen LogP contribution is 2.31. The minimum absolute atomic E-state index is 0.0259. The number of ketones is 1. The summed E-state index contributed by atoms with van der Waals surface area (Å²) < 4.78 is 5.38. The number of amides is 1. The average molecular weight is 464 g/mol. The van der Waals surface area contributed by atoms with Gasteiger partial charge in [0.05, 0.1) is 31.4 Å². The lowest BCUT2D eigenvalue weighted by molar-refractivity contribution is 0.0614. The van der Waals surface area contributed by atoms with E-state index in [1.165, 1.54) is 5.56 Å². The largest absolute Gasteiger partial charge is 0.497 e. The lowest BCUT2D eigenvalue weighted by Gasteiger charge is -2.34. The number of nitrogens with zero attached hydrogens (tertiary/aromatic N) is 3. The normalized spacial score (nSPS) is 17.6. The molecule has 1 saturated heterocycles. The molecule has 0 aromatic heterocycles. The Kier molecular flexibility index (Phi) is 7.14. The summed E-state index contributed by atoms with van der Waals surface area (Å²) in [6, 6.07) is 12.9. The number of benzene rings is 2. The topological polar surface area (TPSA) is 82.4 Å². The molecule has 0 atom stereocenters. The van der Waals surface area contributed by atoms with Crippen LogP contribution >= 0.6 is 0 Å². The molecular formula is C27H33N3O4. The molecule has 0 aliphatic carbocycles. The number of β-amino-alcohol motifs (C(OH)–C–C–N with tert-alkyl or cyclic N) is 1. The minimum atomic E-state index is -0.269. The standard InChI is InChI=1S/C27H33N3O4/c1-27(2)18-21-8-9-22(34-3)16-23(21)24(28-27)17-25(32)19-4-6-20(7-5-19)26(33)30-12-10-29(11-13-30)14-15-31/h4-9,16,31H,10-15,17-18H2,1-3H3. The third kappa shape index (κ3) is 5.37. The Morgan fingerprint density at radius 2 is 1.71 bits per heavy atom. The van der Waals surface area contributed by atoms with Crippen LogP contribution in [0.15, 0.2) is 47.5 Å². The van der Waals surface area contributed by atoms with Crippen LogP contribution < -0.4 is 4.74 Å². The molecule has 0 unspecified atom stereocenters. The van der Waals surface area contributed by atoms with Crippen molar-refractivity contribution in [3.8, 4) is 5.75 Å². The predicted octanol–water partition coefficient (Wildman–Crippen LogP) is 2.84. The fourth-order valence-corrected chi connectivity index (χ4v) is 4.72. The van der Waals surface area contributed by atoms with Crippen LogP contribution in [0.1, 0.15) is 52.1 Å².